The van der Waals surface area contributed by atoms with Crippen molar-refractivity contribution in [3.05, 3.63) is 64.2 Å². The van der Waals surface area contributed by atoms with Crippen molar-refractivity contribution in [1.29, 1.82) is 0 Å². The average molecular weight is 329 g/mol. The Labute approximate surface area is 137 Å². The van der Waals surface area contributed by atoms with Crippen LogP contribution in [0.25, 0.3) is 0 Å². The molecule has 0 aliphatic carbocycles. The maximum absolute atomic E-state index is 11.9. The highest BCUT2D eigenvalue weighted by molar-refractivity contribution is 6.00. The number of carbonyl (C=O) groups excluding carboxylic acids is 2. The Hall–Kier alpha value is -3.42. The van der Waals surface area contributed by atoms with Gasteiger partial charge in [-0.2, -0.15) is 0 Å². The number of rotatable bonds is 5. The molecule has 0 aliphatic rings. The molecule has 0 aromatic heterocycles. The summed E-state index contributed by atoms with van der Waals surface area (Å²) in [6.45, 7) is 1.97. The van der Waals surface area contributed by atoms with E-state index in [0.717, 1.165) is 0 Å². The van der Waals surface area contributed by atoms with E-state index in [1.54, 1.807) is 25.1 Å². The zero-order valence-corrected chi connectivity index (χ0v) is 12.8. The molecule has 0 saturated heterocycles. The second-order valence-electron chi connectivity index (χ2n) is 4.68. The third-order valence-corrected chi connectivity index (χ3v) is 2.97. The van der Waals surface area contributed by atoms with Gasteiger partial charge in [-0.05, 0) is 37.3 Å². The first kappa shape index (κ1) is 16.9. The van der Waals surface area contributed by atoms with Crippen LogP contribution in [-0.2, 0) is 4.74 Å². The Balaban J connectivity index is 2.00. The number of nitrogens with zero attached hydrogens (tertiary/aromatic N) is 1. The normalized spacial score (nSPS) is 9.88. The van der Waals surface area contributed by atoms with Crippen molar-refractivity contribution in [2.75, 3.05) is 17.2 Å². The minimum atomic E-state index is -0.537. The van der Waals surface area contributed by atoms with Crippen molar-refractivity contribution in [3.8, 4) is 0 Å². The Kier molecular flexibility index (Phi) is 5.45. The lowest BCUT2D eigenvalue weighted by atomic mass is 10.2. The quantitative estimate of drug-likeness (QED) is 0.496. The van der Waals surface area contributed by atoms with E-state index in [9.17, 15) is 19.7 Å². The molecule has 0 spiro atoms. The van der Waals surface area contributed by atoms with Gasteiger partial charge < -0.3 is 15.4 Å². The molecule has 0 saturated carbocycles. The summed E-state index contributed by atoms with van der Waals surface area (Å²) in [4.78, 5) is 33.6. The number of nitro groups is 1. The first-order valence-electron chi connectivity index (χ1n) is 7.09. The molecule has 0 aliphatic heterocycles. The van der Waals surface area contributed by atoms with Gasteiger partial charge in [-0.15, -0.1) is 0 Å². The number of ether oxygens (including phenoxy) is 1. The van der Waals surface area contributed by atoms with Crippen LogP contribution in [0.4, 0.5) is 21.9 Å². The number of nitro benzene ring substituents is 1. The van der Waals surface area contributed by atoms with Crippen LogP contribution in [0.2, 0.25) is 0 Å². The standard InChI is InChI=1S/C16H15N3O5/c1-2-24-15(20)11-4-3-5-13(10-11)18-16(21)17-12-6-8-14(9-7-12)19(22)23/h3-10H,2H2,1H3,(H2,17,18,21). The second kappa shape index (κ2) is 7.73. The van der Waals surface area contributed by atoms with Crippen molar-refractivity contribution >= 4 is 29.1 Å². The largest absolute Gasteiger partial charge is 0.462 e. The van der Waals surface area contributed by atoms with Gasteiger partial charge in [0.25, 0.3) is 5.69 Å². The van der Waals surface area contributed by atoms with Gasteiger partial charge in [0.1, 0.15) is 0 Å². The zero-order valence-electron chi connectivity index (χ0n) is 12.8. The van der Waals surface area contributed by atoms with Crippen molar-refractivity contribution in [1.82, 2.24) is 0 Å². The second-order valence-corrected chi connectivity index (χ2v) is 4.68. The third-order valence-electron chi connectivity index (χ3n) is 2.97. The molecule has 24 heavy (non-hydrogen) atoms. The van der Waals surface area contributed by atoms with E-state index in [-0.39, 0.29) is 12.3 Å². The van der Waals surface area contributed by atoms with Gasteiger partial charge in [0, 0.05) is 23.5 Å². The maximum Gasteiger partial charge on any atom is 0.338 e. The highest BCUT2D eigenvalue weighted by atomic mass is 16.6. The molecule has 0 heterocycles. The molecule has 8 nitrogen and oxygen atoms in total. The number of esters is 1. The summed E-state index contributed by atoms with van der Waals surface area (Å²) in [6, 6.07) is 11.2. The summed E-state index contributed by atoms with van der Waals surface area (Å²) < 4.78 is 4.89. The predicted molar refractivity (Wildman–Crippen MR) is 88.1 cm³/mol. The summed E-state index contributed by atoms with van der Waals surface area (Å²) in [5.74, 6) is -0.475. The topological polar surface area (TPSA) is 111 Å². The number of amides is 2. The molecule has 124 valence electrons. The van der Waals surface area contributed by atoms with Crippen LogP contribution in [0, 0.1) is 10.1 Å². The highest BCUT2D eigenvalue weighted by Crippen LogP contribution is 2.16. The van der Waals surface area contributed by atoms with Crippen LogP contribution in [0.1, 0.15) is 17.3 Å². The van der Waals surface area contributed by atoms with Crippen molar-refractivity contribution in [2.45, 2.75) is 6.92 Å². The van der Waals surface area contributed by atoms with E-state index in [1.165, 1.54) is 30.3 Å². The summed E-state index contributed by atoms with van der Waals surface area (Å²) in [6.07, 6.45) is 0. The number of carbonyl (C=O) groups is 2. The molecular weight excluding hydrogens is 314 g/mol. The fraction of sp³-hybridized carbons (Fsp3) is 0.125. The lowest BCUT2D eigenvalue weighted by molar-refractivity contribution is -0.384. The Morgan fingerprint density at radius 3 is 2.38 bits per heavy atom. The van der Waals surface area contributed by atoms with Gasteiger partial charge in [-0.1, -0.05) is 6.07 Å². The van der Waals surface area contributed by atoms with Crippen LogP contribution < -0.4 is 10.6 Å². The van der Waals surface area contributed by atoms with Gasteiger partial charge in [0.15, 0.2) is 0 Å². The van der Waals surface area contributed by atoms with Crippen molar-refractivity contribution in [2.24, 2.45) is 0 Å². The number of benzene rings is 2. The number of urea groups is 1. The minimum absolute atomic E-state index is 0.0666. The van der Waals surface area contributed by atoms with E-state index < -0.39 is 16.9 Å². The summed E-state index contributed by atoms with van der Waals surface area (Å²) in [5.41, 5.74) is 1.08. The molecule has 2 rings (SSSR count). The first-order valence-corrected chi connectivity index (χ1v) is 7.09. The fourth-order valence-electron chi connectivity index (χ4n) is 1.90. The average Bonchev–Trinajstić information content (AvgIpc) is 2.55. The predicted octanol–water partition coefficient (Wildman–Crippen LogP) is 3.42. The molecule has 0 unspecified atom stereocenters. The SMILES string of the molecule is CCOC(=O)c1cccc(NC(=O)Nc2ccc([N+](=O)[O-])cc2)c1. The minimum Gasteiger partial charge on any atom is -0.462 e. The Morgan fingerprint density at radius 1 is 1.08 bits per heavy atom. The highest BCUT2D eigenvalue weighted by Gasteiger charge is 2.09. The molecule has 0 bridgehead atoms. The monoisotopic (exact) mass is 329 g/mol. The molecule has 2 aromatic rings. The van der Waals surface area contributed by atoms with E-state index in [0.29, 0.717) is 16.9 Å². The molecule has 8 heteroatoms. The molecule has 2 aromatic carbocycles. The van der Waals surface area contributed by atoms with Crippen LogP contribution in [-0.4, -0.2) is 23.5 Å². The molecular formula is C16H15N3O5. The van der Waals surface area contributed by atoms with Crippen LogP contribution >= 0.6 is 0 Å². The fourth-order valence-corrected chi connectivity index (χ4v) is 1.90. The Bertz CT molecular complexity index is 759. The van der Waals surface area contributed by atoms with Crippen LogP contribution in [0.5, 0.6) is 0 Å². The molecule has 2 N–H and O–H groups in total. The van der Waals surface area contributed by atoms with Gasteiger partial charge in [0.2, 0.25) is 0 Å². The van der Waals surface area contributed by atoms with Crippen LogP contribution in [0.15, 0.2) is 48.5 Å². The molecule has 0 radical (unpaired) electrons. The van der Waals surface area contributed by atoms with E-state index in [2.05, 4.69) is 10.6 Å². The number of nitrogens with one attached hydrogen (secondary N) is 2. The smallest absolute Gasteiger partial charge is 0.338 e. The molecule has 0 atom stereocenters. The van der Waals surface area contributed by atoms with Crippen molar-refractivity contribution in [3.63, 3.8) is 0 Å². The van der Waals surface area contributed by atoms with E-state index >= 15 is 0 Å². The van der Waals surface area contributed by atoms with Gasteiger partial charge in [-0.3, -0.25) is 10.1 Å². The maximum atomic E-state index is 11.9. The summed E-state index contributed by atoms with van der Waals surface area (Å²) in [7, 11) is 0. The summed E-state index contributed by atoms with van der Waals surface area (Å²) in [5, 5.41) is 15.7. The van der Waals surface area contributed by atoms with Crippen LogP contribution in [0.3, 0.4) is 0 Å². The Morgan fingerprint density at radius 2 is 1.75 bits per heavy atom. The lowest BCUT2D eigenvalue weighted by Crippen LogP contribution is -2.19. The van der Waals surface area contributed by atoms with Gasteiger partial charge in [0.05, 0.1) is 17.1 Å². The number of non-ortho nitro benzene ring substituents is 1. The molecule has 2 amide bonds. The van der Waals surface area contributed by atoms with Crippen molar-refractivity contribution < 1.29 is 19.2 Å². The first-order chi connectivity index (χ1) is 11.5. The van der Waals surface area contributed by atoms with E-state index in [1.807, 2.05) is 0 Å². The van der Waals surface area contributed by atoms with E-state index in [4.69, 9.17) is 4.74 Å². The summed E-state index contributed by atoms with van der Waals surface area (Å²) >= 11 is 0. The number of hydrogen-bond donors (Lipinski definition) is 2. The zero-order chi connectivity index (χ0) is 17.5. The number of anilines is 2. The third kappa shape index (κ3) is 4.54. The van der Waals surface area contributed by atoms with Gasteiger partial charge in [-0.25, -0.2) is 9.59 Å². The number of hydrogen-bond acceptors (Lipinski definition) is 5. The molecule has 0 fully saturated rings. The lowest BCUT2D eigenvalue weighted by Gasteiger charge is -2.09. The van der Waals surface area contributed by atoms with Gasteiger partial charge >= 0.3 is 12.0 Å².